The summed E-state index contributed by atoms with van der Waals surface area (Å²) in [7, 11) is 6.21. The number of carbonyl (C=O) groups excluding carboxylic acids is 1. The predicted octanol–water partition coefficient (Wildman–Crippen LogP) is 3.01. The second-order valence-electron chi connectivity index (χ2n) is 8.50. The number of rotatable bonds is 7. The minimum atomic E-state index is -0.219. The summed E-state index contributed by atoms with van der Waals surface area (Å²) in [4.78, 5) is 30.1. The number of carbonyl (C=O) groups is 1. The van der Waals surface area contributed by atoms with Gasteiger partial charge in [-0.25, -0.2) is 9.97 Å². The van der Waals surface area contributed by atoms with Gasteiger partial charge in [0.05, 0.1) is 17.1 Å². The summed E-state index contributed by atoms with van der Waals surface area (Å²) < 4.78 is 0. The Balaban J connectivity index is 1.70. The van der Waals surface area contributed by atoms with Crippen LogP contribution in [-0.4, -0.2) is 74.6 Å². The molecule has 9 heteroatoms. The fourth-order valence-electron chi connectivity index (χ4n) is 3.71. The van der Waals surface area contributed by atoms with Gasteiger partial charge in [-0.1, -0.05) is 30.0 Å². The molecular formula is C25H31N7OS. The number of piperazine rings is 1. The van der Waals surface area contributed by atoms with Gasteiger partial charge in [-0.3, -0.25) is 4.79 Å². The maximum Gasteiger partial charge on any atom is 0.238 e. The van der Waals surface area contributed by atoms with E-state index in [0.29, 0.717) is 5.69 Å². The average Bonchev–Trinajstić information content (AvgIpc) is 2.85. The maximum absolute atomic E-state index is 11.7. The van der Waals surface area contributed by atoms with Crippen LogP contribution in [0.25, 0.3) is 11.3 Å². The Bertz CT molecular complexity index is 1150. The minimum Gasteiger partial charge on any atom is -0.378 e. The summed E-state index contributed by atoms with van der Waals surface area (Å²) in [6, 6.07) is 16.1. The number of nitrogens with one attached hydrogen (secondary N) is 1. The molecule has 1 aromatic heterocycles. The highest BCUT2D eigenvalue weighted by molar-refractivity contribution is 7.99. The van der Waals surface area contributed by atoms with Crippen molar-refractivity contribution in [1.82, 2.24) is 14.9 Å². The zero-order valence-corrected chi connectivity index (χ0v) is 20.7. The van der Waals surface area contributed by atoms with E-state index in [-0.39, 0.29) is 12.5 Å². The van der Waals surface area contributed by atoms with Crippen LogP contribution in [0.5, 0.6) is 0 Å². The summed E-state index contributed by atoms with van der Waals surface area (Å²) in [5.74, 6) is 0.537. The van der Waals surface area contributed by atoms with Crippen molar-refractivity contribution in [2.24, 2.45) is 5.73 Å². The third-order valence-corrected chi connectivity index (χ3v) is 6.70. The van der Waals surface area contributed by atoms with Crippen LogP contribution in [0.3, 0.4) is 0 Å². The van der Waals surface area contributed by atoms with Crippen LogP contribution in [0.15, 0.2) is 64.5 Å². The summed E-state index contributed by atoms with van der Waals surface area (Å²) in [6.07, 6.45) is 1.91. The first-order valence-corrected chi connectivity index (χ1v) is 12.1. The minimum absolute atomic E-state index is 0.0503. The molecule has 3 aromatic rings. The van der Waals surface area contributed by atoms with Crippen molar-refractivity contribution in [3.05, 3.63) is 54.7 Å². The zero-order valence-electron chi connectivity index (χ0n) is 19.9. The van der Waals surface area contributed by atoms with Crippen molar-refractivity contribution < 1.29 is 4.79 Å². The molecule has 0 spiro atoms. The normalized spacial score (nSPS) is 14.2. The number of hydrogen-bond donors (Lipinski definition) is 2. The molecule has 1 aliphatic rings. The second kappa shape index (κ2) is 10.9. The molecule has 8 nitrogen and oxygen atoms in total. The molecule has 4 rings (SSSR count). The largest absolute Gasteiger partial charge is 0.378 e. The first kappa shape index (κ1) is 24.0. The van der Waals surface area contributed by atoms with Crippen molar-refractivity contribution in [1.29, 1.82) is 0 Å². The standard InChI is InChI=1S/C25H31N7OS/c1-30(2)20-8-4-6-18(14-20)24-22(17-27-25(29-24)32-12-10-31(3)11-13-32)34-21-9-5-7-19(15-21)28-23(33)16-26/h4-9,14-15,17H,10-13,16,26H2,1-3H3,(H,28,33). The van der Waals surface area contributed by atoms with Crippen LogP contribution in [0.1, 0.15) is 0 Å². The van der Waals surface area contributed by atoms with E-state index < -0.39 is 0 Å². The van der Waals surface area contributed by atoms with Gasteiger partial charge in [0.25, 0.3) is 0 Å². The van der Waals surface area contributed by atoms with Gasteiger partial charge < -0.3 is 25.8 Å². The second-order valence-corrected chi connectivity index (χ2v) is 9.62. The summed E-state index contributed by atoms with van der Waals surface area (Å²) in [5.41, 5.74) is 9.20. The van der Waals surface area contributed by atoms with E-state index in [1.807, 2.05) is 44.6 Å². The molecule has 0 aliphatic carbocycles. The van der Waals surface area contributed by atoms with Crippen molar-refractivity contribution >= 4 is 35.0 Å². The van der Waals surface area contributed by atoms with Gasteiger partial charge in [0.1, 0.15) is 0 Å². The topological polar surface area (TPSA) is 90.6 Å². The molecule has 0 atom stereocenters. The van der Waals surface area contributed by atoms with E-state index in [0.717, 1.165) is 58.9 Å². The van der Waals surface area contributed by atoms with Gasteiger partial charge in [-0.15, -0.1) is 0 Å². The average molecular weight is 478 g/mol. The number of benzene rings is 2. The van der Waals surface area contributed by atoms with E-state index in [4.69, 9.17) is 15.7 Å². The van der Waals surface area contributed by atoms with Gasteiger partial charge in [-0.05, 0) is 37.4 Å². The number of aromatic nitrogens is 2. The maximum atomic E-state index is 11.7. The molecule has 3 N–H and O–H groups in total. The molecule has 0 bridgehead atoms. The third kappa shape index (κ3) is 5.85. The molecule has 2 heterocycles. The van der Waals surface area contributed by atoms with E-state index in [1.165, 1.54) is 0 Å². The predicted molar refractivity (Wildman–Crippen MR) is 140 cm³/mol. The number of hydrogen-bond acceptors (Lipinski definition) is 8. The molecule has 1 saturated heterocycles. The number of anilines is 3. The monoisotopic (exact) mass is 477 g/mol. The van der Waals surface area contributed by atoms with Crippen molar-refractivity contribution in [2.75, 3.05) is 69.0 Å². The fraction of sp³-hybridized carbons (Fsp3) is 0.320. The molecular weight excluding hydrogens is 446 g/mol. The Kier molecular flexibility index (Phi) is 7.66. The van der Waals surface area contributed by atoms with Gasteiger partial charge in [-0.2, -0.15) is 0 Å². The molecule has 1 amide bonds. The van der Waals surface area contributed by atoms with E-state index in [9.17, 15) is 4.79 Å². The lowest BCUT2D eigenvalue weighted by molar-refractivity contribution is -0.114. The molecule has 2 aromatic carbocycles. The first-order chi connectivity index (χ1) is 16.4. The number of likely N-dealkylation sites (N-methyl/N-ethyl adjacent to an activating group) is 1. The zero-order chi connectivity index (χ0) is 24.1. The van der Waals surface area contributed by atoms with Crippen LogP contribution >= 0.6 is 11.8 Å². The molecule has 1 aliphatic heterocycles. The summed E-state index contributed by atoms with van der Waals surface area (Å²) in [5, 5.41) is 2.81. The lowest BCUT2D eigenvalue weighted by Gasteiger charge is -2.32. The summed E-state index contributed by atoms with van der Waals surface area (Å²) in [6.45, 7) is 3.75. The Labute approximate surface area is 205 Å². The van der Waals surface area contributed by atoms with E-state index in [1.54, 1.807) is 11.8 Å². The number of amides is 1. The van der Waals surface area contributed by atoms with Gasteiger partial charge in [0.15, 0.2) is 0 Å². The quantitative estimate of drug-likeness (QED) is 0.537. The molecule has 0 saturated carbocycles. The Morgan fingerprint density at radius 2 is 1.88 bits per heavy atom. The van der Waals surface area contributed by atoms with Crippen molar-refractivity contribution in [3.8, 4) is 11.3 Å². The smallest absolute Gasteiger partial charge is 0.238 e. The van der Waals surface area contributed by atoms with Gasteiger partial charge in [0.2, 0.25) is 11.9 Å². The first-order valence-electron chi connectivity index (χ1n) is 11.3. The highest BCUT2D eigenvalue weighted by Crippen LogP contribution is 2.37. The van der Waals surface area contributed by atoms with Crippen LogP contribution in [0.2, 0.25) is 0 Å². The molecule has 0 unspecified atom stereocenters. The van der Waals surface area contributed by atoms with Crippen LogP contribution in [0, 0.1) is 0 Å². The fourth-order valence-corrected chi connectivity index (χ4v) is 4.66. The lowest BCUT2D eigenvalue weighted by Crippen LogP contribution is -2.45. The SMILES string of the molecule is CN1CCN(c2ncc(Sc3cccc(NC(=O)CN)c3)c(-c3cccc(N(C)C)c3)n2)CC1. The molecule has 1 fully saturated rings. The third-order valence-electron chi connectivity index (χ3n) is 5.70. The molecule has 34 heavy (non-hydrogen) atoms. The highest BCUT2D eigenvalue weighted by Gasteiger charge is 2.19. The van der Waals surface area contributed by atoms with Crippen LogP contribution in [0.4, 0.5) is 17.3 Å². The van der Waals surface area contributed by atoms with Crippen molar-refractivity contribution in [2.45, 2.75) is 9.79 Å². The van der Waals surface area contributed by atoms with E-state index >= 15 is 0 Å². The Hall–Kier alpha value is -3.14. The van der Waals surface area contributed by atoms with E-state index in [2.05, 4.69) is 51.3 Å². The highest BCUT2D eigenvalue weighted by atomic mass is 32.2. The van der Waals surface area contributed by atoms with Crippen molar-refractivity contribution in [3.63, 3.8) is 0 Å². The number of nitrogens with zero attached hydrogens (tertiary/aromatic N) is 5. The van der Waals surface area contributed by atoms with Crippen LogP contribution < -0.4 is 20.9 Å². The lowest BCUT2D eigenvalue weighted by atomic mass is 10.1. The van der Waals surface area contributed by atoms with Crippen LogP contribution in [-0.2, 0) is 4.79 Å². The van der Waals surface area contributed by atoms with Gasteiger partial charge >= 0.3 is 0 Å². The Morgan fingerprint density at radius 1 is 1.12 bits per heavy atom. The number of nitrogens with two attached hydrogens (primary N) is 1. The van der Waals surface area contributed by atoms with Gasteiger partial charge in [0, 0.05) is 68.3 Å². The molecule has 0 radical (unpaired) electrons. The Morgan fingerprint density at radius 3 is 2.62 bits per heavy atom. The molecule has 178 valence electrons. The summed E-state index contributed by atoms with van der Waals surface area (Å²) >= 11 is 1.58.